The fourth-order valence-corrected chi connectivity index (χ4v) is 2.70. The molecule has 1 aliphatic rings. The Balaban J connectivity index is 0.00000200. The van der Waals surface area contributed by atoms with Crippen molar-refractivity contribution in [2.75, 3.05) is 13.1 Å². The summed E-state index contributed by atoms with van der Waals surface area (Å²) in [6, 6.07) is 4.60. The molecule has 0 saturated carbocycles. The van der Waals surface area contributed by atoms with Crippen LogP contribution in [0.3, 0.4) is 0 Å². The first kappa shape index (κ1) is 17.7. The Kier molecular flexibility index (Phi) is 7.22. The Bertz CT molecular complexity index is 481. The van der Waals surface area contributed by atoms with Gasteiger partial charge in [0.05, 0.1) is 6.54 Å². The van der Waals surface area contributed by atoms with Crippen LogP contribution in [0, 0.1) is 11.7 Å². The van der Waals surface area contributed by atoms with Crippen LogP contribution in [0.2, 0.25) is 0 Å². The van der Waals surface area contributed by atoms with E-state index in [2.05, 4.69) is 32.7 Å². The van der Waals surface area contributed by atoms with E-state index in [1.807, 2.05) is 0 Å². The van der Waals surface area contributed by atoms with Crippen LogP contribution in [0.1, 0.15) is 25.3 Å². The summed E-state index contributed by atoms with van der Waals surface area (Å²) in [7, 11) is 0. The van der Waals surface area contributed by atoms with Gasteiger partial charge >= 0.3 is 0 Å². The molecule has 1 heterocycles. The number of guanidine groups is 1. The van der Waals surface area contributed by atoms with Crippen LogP contribution in [0.5, 0.6) is 0 Å². The van der Waals surface area contributed by atoms with Gasteiger partial charge in [0.15, 0.2) is 5.96 Å². The van der Waals surface area contributed by atoms with Crippen molar-refractivity contribution in [3.63, 3.8) is 0 Å². The van der Waals surface area contributed by atoms with Crippen molar-refractivity contribution in [3.8, 4) is 0 Å². The molecule has 2 rings (SSSR count). The second-order valence-corrected chi connectivity index (χ2v) is 5.96. The molecule has 1 unspecified atom stereocenters. The molecule has 0 spiro atoms. The summed E-state index contributed by atoms with van der Waals surface area (Å²) in [6.45, 7) is 4.54. The number of nitrogens with two attached hydrogens (primary N) is 1. The molecular formula is C14H20BrFIN3. The lowest BCUT2D eigenvalue weighted by Crippen LogP contribution is -2.43. The number of hydrogen-bond acceptors (Lipinski definition) is 1. The van der Waals surface area contributed by atoms with Gasteiger partial charge in [0.1, 0.15) is 5.82 Å². The van der Waals surface area contributed by atoms with Crippen molar-refractivity contribution in [3.05, 3.63) is 34.1 Å². The molecule has 1 aromatic carbocycles. The van der Waals surface area contributed by atoms with Gasteiger partial charge in [-0.15, -0.1) is 24.0 Å². The van der Waals surface area contributed by atoms with E-state index in [0.29, 0.717) is 18.4 Å². The quantitative estimate of drug-likeness (QED) is 0.419. The Morgan fingerprint density at radius 3 is 3.00 bits per heavy atom. The summed E-state index contributed by atoms with van der Waals surface area (Å²) < 4.78 is 14.0. The number of likely N-dealkylation sites (tertiary alicyclic amines) is 1. The van der Waals surface area contributed by atoms with Crippen molar-refractivity contribution >= 4 is 45.9 Å². The van der Waals surface area contributed by atoms with E-state index in [1.54, 1.807) is 6.07 Å². The van der Waals surface area contributed by atoms with Gasteiger partial charge in [-0.1, -0.05) is 22.9 Å². The minimum absolute atomic E-state index is 0. The number of piperidine rings is 1. The van der Waals surface area contributed by atoms with E-state index in [-0.39, 0.29) is 29.8 Å². The molecule has 3 nitrogen and oxygen atoms in total. The van der Waals surface area contributed by atoms with Crippen LogP contribution in [-0.2, 0) is 6.54 Å². The average Bonchev–Trinajstić information content (AvgIpc) is 2.39. The lowest BCUT2D eigenvalue weighted by atomic mass is 10.0. The van der Waals surface area contributed by atoms with Crippen molar-refractivity contribution in [2.24, 2.45) is 16.6 Å². The number of halogens is 3. The maximum atomic E-state index is 13.2. The standard InChI is InChI=1S/C14H19BrFN3.HI/c1-10-3-2-6-19(9-10)14(17)18-8-11-7-12(16)4-5-13(11)15;/h4-5,7,10H,2-3,6,8-9H2,1H3,(H2,17,18);1H. The normalized spacial score (nSPS) is 19.6. The Labute approximate surface area is 145 Å². The zero-order valence-corrected chi connectivity index (χ0v) is 15.4. The molecule has 112 valence electrons. The monoisotopic (exact) mass is 455 g/mol. The number of benzene rings is 1. The highest BCUT2D eigenvalue weighted by Crippen LogP contribution is 2.19. The third-order valence-corrected chi connectivity index (χ3v) is 4.17. The van der Waals surface area contributed by atoms with E-state index in [1.165, 1.54) is 18.6 Å². The van der Waals surface area contributed by atoms with Gasteiger partial charge in [0.2, 0.25) is 0 Å². The molecule has 0 aromatic heterocycles. The van der Waals surface area contributed by atoms with Crippen LogP contribution in [0.4, 0.5) is 4.39 Å². The first-order valence-corrected chi connectivity index (χ1v) is 7.34. The maximum Gasteiger partial charge on any atom is 0.191 e. The van der Waals surface area contributed by atoms with Gasteiger partial charge in [-0.25, -0.2) is 9.38 Å². The molecule has 1 fully saturated rings. The molecule has 6 heteroatoms. The molecule has 0 amide bonds. The number of aliphatic imine (C=N–C) groups is 1. The van der Waals surface area contributed by atoms with Crippen LogP contribution < -0.4 is 5.73 Å². The van der Waals surface area contributed by atoms with Gasteiger partial charge in [0.25, 0.3) is 0 Å². The van der Waals surface area contributed by atoms with Crippen molar-refractivity contribution in [1.82, 2.24) is 4.90 Å². The largest absolute Gasteiger partial charge is 0.370 e. The summed E-state index contributed by atoms with van der Waals surface area (Å²) >= 11 is 3.40. The first-order valence-electron chi connectivity index (χ1n) is 6.55. The molecular weight excluding hydrogens is 436 g/mol. The molecule has 1 atom stereocenters. The highest BCUT2D eigenvalue weighted by atomic mass is 127. The van der Waals surface area contributed by atoms with Crippen LogP contribution in [-0.4, -0.2) is 23.9 Å². The summed E-state index contributed by atoms with van der Waals surface area (Å²) in [6.07, 6.45) is 2.40. The smallest absolute Gasteiger partial charge is 0.191 e. The second kappa shape index (κ2) is 8.17. The highest BCUT2D eigenvalue weighted by Gasteiger charge is 2.17. The van der Waals surface area contributed by atoms with Gasteiger partial charge in [-0.3, -0.25) is 0 Å². The average molecular weight is 456 g/mol. The molecule has 1 saturated heterocycles. The van der Waals surface area contributed by atoms with Gasteiger partial charge < -0.3 is 10.6 Å². The third-order valence-electron chi connectivity index (χ3n) is 3.40. The lowest BCUT2D eigenvalue weighted by Gasteiger charge is -2.31. The number of hydrogen-bond donors (Lipinski definition) is 1. The van der Waals surface area contributed by atoms with Gasteiger partial charge in [-0.2, -0.15) is 0 Å². The minimum atomic E-state index is -0.251. The summed E-state index contributed by atoms with van der Waals surface area (Å²) in [4.78, 5) is 6.49. The highest BCUT2D eigenvalue weighted by molar-refractivity contribution is 14.0. The first-order chi connectivity index (χ1) is 9.06. The zero-order valence-electron chi connectivity index (χ0n) is 11.5. The topological polar surface area (TPSA) is 41.6 Å². The summed E-state index contributed by atoms with van der Waals surface area (Å²) in [5.74, 6) is 0.963. The fraction of sp³-hybridized carbons (Fsp3) is 0.500. The fourth-order valence-electron chi connectivity index (χ4n) is 2.33. The molecule has 1 aromatic rings. The Morgan fingerprint density at radius 2 is 2.30 bits per heavy atom. The zero-order chi connectivity index (χ0) is 13.8. The predicted octanol–water partition coefficient (Wildman–Crippen LogP) is 3.75. The van der Waals surface area contributed by atoms with Crippen molar-refractivity contribution in [1.29, 1.82) is 0 Å². The second-order valence-electron chi connectivity index (χ2n) is 5.10. The van der Waals surface area contributed by atoms with Crippen LogP contribution >= 0.6 is 39.9 Å². The van der Waals surface area contributed by atoms with E-state index < -0.39 is 0 Å². The minimum Gasteiger partial charge on any atom is -0.370 e. The summed E-state index contributed by atoms with van der Waals surface area (Å²) in [5.41, 5.74) is 6.83. The Hall–Kier alpha value is -0.370. The molecule has 1 aliphatic heterocycles. The van der Waals surface area contributed by atoms with Crippen LogP contribution in [0.15, 0.2) is 27.7 Å². The van der Waals surface area contributed by atoms with Crippen molar-refractivity contribution in [2.45, 2.75) is 26.3 Å². The lowest BCUT2D eigenvalue weighted by molar-refractivity contribution is 0.270. The Morgan fingerprint density at radius 1 is 1.55 bits per heavy atom. The molecule has 2 N–H and O–H groups in total. The van der Waals surface area contributed by atoms with Gasteiger partial charge in [0, 0.05) is 17.6 Å². The van der Waals surface area contributed by atoms with Crippen molar-refractivity contribution < 1.29 is 4.39 Å². The van der Waals surface area contributed by atoms with E-state index >= 15 is 0 Å². The third kappa shape index (κ3) is 4.87. The van der Waals surface area contributed by atoms with Crippen LogP contribution in [0.25, 0.3) is 0 Å². The SMILES string of the molecule is CC1CCCN(C(N)=NCc2cc(F)ccc2Br)C1.I. The van der Waals surface area contributed by atoms with E-state index in [0.717, 1.165) is 29.5 Å². The van der Waals surface area contributed by atoms with E-state index in [9.17, 15) is 4.39 Å². The predicted molar refractivity (Wildman–Crippen MR) is 94.8 cm³/mol. The molecule has 0 aliphatic carbocycles. The molecule has 0 bridgehead atoms. The molecule has 20 heavy (non-hydrogen) atoms. The van der Waals surface area contributed by atoms with E-state index in [4.69, 9.17) is 5.73 Å². The number of rotatable bonds is 2. The molecule has 0 radical (unpaired) electrons. The van der Waals surface area contributed by atoms with Gasteiger partial charge in [-0.05, 0) is 42.5 Å². The number of nitrogens with zero attached hydrogens (tertiary/aromatic N) is 2. The maximum absolute atomic E-state index is 13.2. The summed E-state index contributed by atoms with van der Waals surface area (Å²) in [5, 5.41) is 0.